The predicted octanol–water partition coefficient (Wildman–Crippen LogP) is 1.46. The second-order valence-corrected chi connectivity index (χ2v) is 4.09. The monoisotopic (exact) mass is 206 g/mol. The van der Waals surface area contributed by atoms with Gasteiger partial charge in [-0.15, -0.1) is 0 Å². The van der Waals surface area contributed by atoms with Crippen LogP contribution in [0.25, 0.3) is 0 Å². The lowest BCUT2D eigenvalue weighted by molar-refractivity contribution is 0.638. The molecule has 1 aromatic rings. The summed E-state index contributed by atoms with van der Waals surface area (Å²) in [6.45, 7) is 5.31. The lowest BCUT2D eigenvalue weighted by Gasteiger charge is -2.21. The average Bonchev–Trinajstić information content (AvgIpc) is 2.17. The van der Waals surface area contributed by atoms with E-state index in [4.69, 9.17) is 11.1 Å². The van der Waals surface area contributed by atoms with Gasteiger partial charge in [0.15, 0.2) is 0 Å². The van der Waals surface area contributed by atoms with Crippen molar-refractivity contribution in [1.82, 2.24) is 4.98 Å². The lowest BCUT2D eigenvalue weighted by atomic mass is 10.2. The summed E-state index contributed by atoms with van der Waals surface area (Å²) < 4.78 is 0. The molecule has 1 heterocycles. The molecule has 0 atom stereocenters. The fraction of sp³-hybridized carbons (Fsp3) is 0.455. The second kappa shape index (κ2) is 4.77. The van der Waals surface area contributed by atoms with Crippen LogP contribution in [-0.4, -0.2) is 24.4 Å². The molecule has 82 valence electrons. The predicted molar refractivity (Wildman–Crippen MR) is 63.4 cm³/mol. The minimum Gasteiger partial charge on any atom is -0.382 e. The van der Waals surface area contributed by atoms with E-state index < -0.39 is 0 Å². The lowest BCUT2D eigenvalue weighted by Crippen LogP contribution is -2.23. The standard InChI is InChI=1S/C11H18N4/c1-8(2)7-15(3)9-4-5-14-10(6-9)11(12)13/h4-6,8H,7H2,1-3H3,(H3,12,13). The fourth-order valence-electron chi connectivity index (χ4n) is 1.46. The van der Waals surface area contributed by atoms with Gasteiger partial charge in [-0.05, 0) is 18.1 Å². The molecule has 0 saturated carbocycles. The van der Waals surface area contributed by atoms with Crippen molar-refractivity contribution in [2.24, 2.45) is 11.7 Å². The molecule has 0 bridgehead atoms. The van der Waals surface area contributed by atoms with Gasteiger partial charge in [-0.25, -0.2) is 0 Å². The van der Waals surface area contributed by atoms with Crippen LogP contribution in [0.1, 0.15) is 19.5 Å². The number of nitrogens with two attached hydrogens (primary N) is 1. The Morgan fingerprint density at radius 3 is 2.80 bits per heavy atom. The maximum Gasteiger partial charge on any atom is 0.141 e. The van der Waals surface area contributed by atoms with Gasteiger partial charge in [0, 0.05) is 25.5 Å². The van der Waals surface area contributed by atoms with E-state index in [9.17, 15) is 0 Å². The first-order valence-corrected chi connectivity index (χ1v) is 5.02. The highest BCUT2D eigenvalue weighted by Crippen LogP contribution is 2.13. The van der Waals surface area contributed by atoms with Gasteiger partial charge in [-0.1, -0.05) is 13.8 Å². The Labute approximate surface area is 90.6 Å². The minimum atomic E-state index is 0.00907. The van der Waals surface area contributed by atoms with Crippen molar-refractivity contribution in [2.75, 3.05) is 18.5 Å². The van der Waals surface area contributed by atoms with E-state index in [1.165, 1.54) is 0 Å². The third-order valence-electron chi connectivity index (χ3n) is 2.10. The highest BCUT2D eigenvalue weighted by molar-refractivity contribution is 5.93. The zero-order valence-electron chi connectivity index (χ0n) is 9.49. The molecule has 0 aliphatic carbocycles. The van der Waals surface area contributed by atoms with Crippen LogP contribution in [0.5, 0.6) is 0 Å². The van der Waals surface area contributed by atoms with E-state index in [1.54, 1.807) is 6.20 Å². The molecule has 0 aliphatic heterocycles. The van der Waals surface area contributed by atoms with E-state index in [-0.39, 0.29) is 5.84 Å². The second-order valence-electron chi connectivity index (χ2n) is 4.09. The Hall–Kier alpha value is -1.58. The summed E-state index contributed by atoms with van der Waals surface area (Å²) in [5.74, 6) is 0.610. The Bertz CT molecular complexity index is 346. The Balaban J connectivity index is 2.85. The number of nitrogens with zero attached hydrogens (tertiary/aromatic N) is 2. The molecule has 0 saturated heterocycles. The molecule has 1 rings (SSSR count). The van der Waals surface area contributed by atoms with Gasteiger partial charge in [-0.2, -0.15) is 0 Å². The van der Waals surface area contributed by atoms with Gasteiger partial charge >= 0.3 is 0 Å². The van der Waals surface area contributed by atoms with Crippen molar-refractivity contribution >= 4 is 11.5 Å². The third-order valence-corrected chi connectivity index (χ3v) is 2.10. The topological polar surface area (TPSA) is 66.0 Å². The number of anilines is 1. The molecule has 0 spiro atoms. The zero-order chi connectivity index (χ0) is 11.4. The first kappa shape index (κ1) is 11.5. The van der Waals surface area contributed by atoms with Gasteiger partial charge in [0.2, 0.25) is 0 Å². The summed E-state index contributed by atoms with van der Waals surface area (Å²) in [7, 11) is 2.03. The fourth-order valence-corrected chi connectivity index (χ4v) is 1.46. The van der Waals surface area contributed by atoms with Crippen LogP contribution in [0.15, 0.2) is 18.3 Å². The Morgan fingerprint density at radius 2 is 2.27 bits per heavy atom. The number of nitrogen functional groups attached to an aromatic ring is 1. The highest BCUT2D eigenvalue weighted by atomic mass is 15.1. The number of hydrogen-bond acceptors (Lipinski definition) is 3. The molecule has 0 aliphatic rings. The molecule has 0 fully saturated rings. The SMILES string of the molecule is CC(C)CN(C)c1ccnc(C(=N)N)c1. The van der Waals surface area contributed by atoms with Crippen molar-refractivity contribution in [1.29, 1.82) is 5.41 Å². The molecule has 4 heteroatoms. The van der Waals surface area contributed by atoms with Crippen LogP contribution in [0.4, 0.5) is 5.69 Å². The summed E-state index contributed by atoms with van der Waals surface area (Å²) in [4.78, 5) is 6.16. The zero-order valence-corrected chi connectivity index (χ0v) is 9.49. The van der Waals surface area contributed by atoms with Crippen LogP contribution in [-0.2, 0) is 0 Å². The first-order valence-electron chi connectivity index (χ1n) is 5.02. The Morgan fingerprint density at radius 1 is 1.60 bits per heavy atom. The molecule has 0 unspecified atom stereocenters. The molecule has 15 heavy (non-hydrogen) atoms. The molecular formula is C11H18N4. The average molecular weight is 206 g/mol. The summed E-state index contributed by atoms with van der Waals surface area (Å²) in [5.41, 5.74) is 6.96. The summed E-state index contributed by atoms with van der Waals surface area (Å²) in [5, 5.41) is 7.31. The quantitative estimate of drug-likeness (QED) is 0.579. The number of rotatable bonds is 4. The molecular weight excluding hydrogens is 188 g/mol. The maximum absolute atomic E-state index is 7.31. The first-order chi connectivity index (χ1) is 7.00. The van der Waals surface area contributed by atoms with Gasteiger partial charge in [0.25, 0.3) is 0 Å². The van der Waals surface area contributed by atoms with E-state index in [1.807, 2.05) is 19.2 Å². The van der Waals surface area contributed by atoms with E-state index in [0.717, 1.165) is 12.2 Å². The van der Waals surface area contributed by atoms with Crippen molar-refractivity contribution in [3.05, 3.63) is 24.0 Å². The number of aromatic nitrogens is 1. The van der Waals surface area contributed by atoms with Crippen LogP contribution in [0.2, 0.25) is 0 Å². The molecule has 3 N–H and O–H groups in total. The van der Waals surface area contributed by atoms with E-state index in [0.29, 0.717) is 11.6 Å². The molecule has 1 aromatic heterocycles. The molecule has 0 radical (unpaired) electrons. The summed E-state index contributed by atoms with van der Waals surface area (Å²) in [6.07, 6.45) is 1.68. The van der Waals surface area contributed by atoms with E-state index >= 15 is 0 Å². The minimum absolute atomic E-state index is 0.00907. The van der Waals surface area contributed by atoms with Gasteiger partial charge < -0.3 is 10.6 Å². The normalized spacial score (nSPS) is 10.4. The van der Waals surface area contributed by atoms with Gasteiger partial charge in [0.1, 0.15) is 11.5 Å². The maximum atomic E-state index is 7.31. The smallest absolute Gasteiger partial charge is 0.141 e. The number of hydrogen-bond donors (Lipinski definition) is 2. The van der Waals surface area contributed by atoms with Gasteiger partial charge in [0.05, 0.1) is 0 Å². The number of nitrogens with one attached hydrogen (secondary N) is 1. The number of amidine groups is 1. The number of pyridine rings is 1. The third kappa shape index (κ3) is 3.23. The van der Waals surface area contributed by atoms with Crippen molar-refractivity contribution < 1.29 is 0 Å². The summed E-state index contributed by atoms with van der Waals surface area (Å²) >= 11 is 0. The summed E-state index contributed by atoms with van der Waals surface area (Å²) in [6, 6.07) is 3.76. The molecule has 4 nitrogen and oxygen atoms in total. The van der Waals surface area contributed by atoms with Gasteiger partial charge in [-0.3, -0.25) is 10.4 Å². The van der Waals surface area contributed by atoms with Crippen LogP contribution >= 0.6 is 0 Å². The van der Waals surface area contributed by atoms with Crippen molar-refractivity contribution in [3.8, 4) is 0 Å². The molecule has 0 amide bonds. The van der Waals surface area contributed by atoms with Crippen LogP contribution < -0.4 is 10.6 Å². The van der Waals surface area contributed by atoms with Crippen molar-refractivity contribution in [2.45, 2.75) is 13.8 Å². The Kier molecular flexibility index (Phi) is 3.66. The van der Waals surface area contributed by atoms with Crippen LogP contribution in [0.3, 0.4) is 0 Å². The van der Waals surface area contributed by atoms with Crippen molar-refractivity contribution in [3.63, 3.8) is 0 Å². The largest absolute Gasteiger partial charge is 0.382 e. The van der Waals surface area contributed by atoms with E-state index in [2.05, 4.69) is 23.7 Å². The molecule has 0 aromatic carbocycles. The van der Waals surface area contributed by atoms with Crippen LogP contribution in [0, 0.1) is 11.3 Å². The highest BCUT2D eigenvalue weighted by Gasteiger charge is 2.05.